The molecule has 2 rings (SSSR count). The number of carbonyl (C=O) groups is 1. The topological polar surface area (TPSA) is 77.1 Å². The van der Waals surface area contributed by atoms with Crippen LogP contribution in [0.25, 0.3) is 0 Å². The molecule has 1 saturated carbocycles. The number of carbonyl (C=O) groups excluding carboxylic acids is 1. The molecule has 0 atom stereocenters. The number of pyridine rings is 1. The number of hydrogen-bond donors (Lipinski definition) is 2. The van der Waals surface area contributed by atoms with E-state index < -0.39 is 0 Å². The van der Waals surface area contributed by atoms with Gasteiger partial charge in [0.2, 0.25) is 11.3 Å². The van der Waals surface area contributed by atoms with Crippen molar-refractivity contribution in [2.45, 2.75) is 38.3 Å². The van der Waals surface area contributed by atoms with E-state index in [4.69, 9.17) is 5.73 Å². The van der Waals surface area contributed by atoms with E-state index in [1.807, 2.05) is 0 Å². The predicted octanol–water partition coefficient (Wildman–Crippen LogP) is 0.489. The van der Waals surface area contributed by atoms with Gasteiger partial charge in [-0.1, -0.05) is 12.8 Å². The zero-order valence-corrected chi connectivity index (χ0v) is 9.69. The number of amides is 1. The fourth-order valence-corrected chi connectivity index (χ4v) is 2.15. The second kappa shape index (κ2) is 5.03. The highest BCUT2D eigenvalue weighted by Crippen LogP contribution is 2.17. The van der Waals surface area contributed by atoms with Crippen molar-refractivity contribution in [2.24, 2.45) is 0 Å². The lowest BCUT2D eigenvalue weighted by Gasteiger charge is -2.13. The molecular formula is C12H17N3O2. The second-order valence-corrected chi connectivity index (χ2v) is 4.49. The number of rotatable bonds is 3. The van der Waals surface area contributed by atoms with Crippen LogP contribution in [-0.2, 0) is 11.3 Å². The standard InChI is InChI=1S/C12H17N3O2/c13-10-7-15(6-5-11(10)16)8-12(17)14-9-3-1-2-4-9/h5-7,9H,1-4,8,13H2,(H,14,17). The van der Waals surface area contributed by atoms with Gasteiger partial charge in [-0.05, 0) is 12.8 Å². The van der Waals surface area contributed by atoms with Gasteiger partial charge >= 0.3 is 0 Å². The second-order valence-electron chi connectivity index (χ2n) is 4.49. The molecule has 5 heteroatoms. The number of hydrogen-bond acceptors (Lipinski definition) is 3. The smallest absolute Gasteiger partial charge is 0.240 e. The summed E-state index contributed by atoms with van der Waals surface area (Å²) in [6, 6.07) is 1.69. The summed E-state index contributed by atoms with van der Waals surface area (Å²) in [5, 5.41) is 2.98. The van der Waals surface area contributed by atoms with Crippen molar-refractivity contribution in [3.05, 3.63) is 28.7 Å². The van der Waals surface area contributed by atoms with Gasteiger partial charge in [0.1, 0.15) is 6.54 Å². The van der Waals surface area contributed by atoms with Crippen LogP contribution in [0.3, 0.4) is 0 Å². The number of nitrogens with zero attached hydrogens (tertiary/aromatic N) is 1. The molecule has 0 aliphatic heterocycles. The van der Waals surface area contributed by atoms with E-state index in [2.05, 4.69) is 5.32 Å². The van der Waals surface area contributed by atoms with E-state index in [0.717, 1.165) is 12.8 Å². The number of nitrogens with two attached hydrogens (primary N) is 1. The van der Waals surface area contributed by atoms with Crippen LogP contribution in [0.15, 0.2) is 23.3 Å². The Labute approximate surface area is 99.6 Å². The molecule has 3 N–H and O–H groups in total. The van der Waals surface area contributed by atoms with Gasteiger partial charge in [0.15, 0.2) is 0 Å². The Bertz CT molecular complexity index is 461. The molecule has 0 saturated heterocycles. The SMILES string of the molecule is Nc1cn(CC(=O)NC2CCCC2)ccc1=O. The first kappa shape index (κ1) is 11.7. The van der Waals surface area contributed by atoms with Crippen molar-refractivity contribution in [3.63, 3.8) is 0 Å². The molecule has 92 valence electrons. The summed E-state index contributed by atoms with van der Waals surface area (Å²) >= 11 is 0. The molecule has 0 bridgehead atoms. The number of nitrogen functional groups attached to an aromatic ring is 1. The van der Waals surface area contributed by atoms with Gasteiger partial charge in [0.05, 0.1) is 5.69 Å². The highest BCUT2D eigenvalue weighted by atomic mass is 16.2. The van der Waals surface area contributed by atoms with Crippen molar-refractivity contribution in [1.82, 2.24) is 9.88 Å². The Kier molecular flexibility index (Phi) is 3.46. The molecule has 1 aliphatic carbocycles. The molecular weight excluding hydrogens is 218 g/mol. The maximum Gasteiger partial charge on any atom is 0.240 e. The third kappa shape index (κ3) is 3.09. The summed E-state index contributed by atoms with van der Waals surface area (Å²) < 4.78 is 1.63. The van der Waals surface area contributed by atoms with Crippen LogP contribution in [0.4, 0.5) is 5.69 Å². The highest BCUT2D eigenvalue weighted by Gasteiger charge is 2.16. The van der Waals surface area contributed by atoms with E-state index in [1.165, 1.54) is 25.1 Å². The molecule has 0 spiro atoms. The van der Waals surface area contributed by atoms with Crippen molar-refractivity contribution in [1.29, 1.82) is 0 Å². The summed E-state index contributed by atoms with van der Waals surface area (Å²) in [6.45, 7) is 0.209. The Morgan fingerprint density at radius 1 is 1.47 bits per heavy atom. The van der Waals surface area contributed by atoms with Crippen LogP contribution < -0.4 is 16.5 Å². The van der Waals surface area contributed by atoms with Crippen molar-refractivity contribution in [3.8, 4) is 0 Å². The number of nitrogens with one attached hydrogen (secondary N) is 1. The number of aromatic nitrogens is 1. The summed E-state index contributed by atoms with van der Waals surface area (Å²) in [5.74, 6) is -0.0278. The van der Waals surface area contributed by atoms with E-state index >= 15 is 0 Å². The first-order chi connectivity index (χ1) is 8.15. The van der Waals surface area contributed by atoms with E-state index in [-0.39, 0.29) is 23.6 Å². The molecule has 1 fully saturated rings. The zero-order chi connectivity index (χ0) is 12.3. The number of anilines is 1. The van der Waals surface area contributed by atoms with Gasteiger partial charge in [-0.3, -0.25) is 9.59 Å². The average molecular weight is 235 g/mol. The predicted molar refractivity (Wildman–Crippen MR) is 65.5 cm³/mol. The van der Waals surface area contributed by atoms with E-state index in [1.54, 1.807) is 10.8 Å². The third-order valence-electron chi connectivity index (χ3n) is 3.05. The van der Waals surface area contributed by atoms with Crippen LogP contribution in [0.5, 0.6) is 0 Å². The minimum absolute atomic E-state index is 0.0278. The van der Waals surface area contributed by atoms with Crippen LogP contribution >= 0.6 is 0 Å². The Morgan fingerprint density at radius 2 is 2.18 bits per heavy atom. The summed E-state index contributed by atoms with van der Waals surface area (Å²) in [5.41, 5.74) is 5.45. The van der Waals surface area contributed by atoms with Crippen LogP contribution in [0.2, 0.25) is 0 Å². The Morgan fingerprint density at radius 3 is 2.82 bits per heavy atom. The summed E-state index contributed by atoms with van der Waals surface area (Å²) in [6.07, 6.45) is 7.59. The van der Waals surface area contributed by atoms with Gasteiger partial charge in [-0.15, -0.1) is 0 Å². The molecule has 1 amide bonds. The lowest BCUT2D eigenvalue weighted by Crippen LogP contribution is -2.35. The lowest BCUT2D eigenvalue weighted by molar-refractivity contribution is -0.122. The first-order valence-electron chi connectivity index (χ1n) is 5.90. The van der Waals surface area contributed by atoms with Gasteiger partial charge in [0, 0.05) is 24.5 Å². The summed E-state index contributed by atoms with van der Waals surface area (Å²) in [7, 11) is 0. The van der Waals surface area contributed by atoms with Crippen molar-refractivity contribution >= 4 is 11.6 Å². The normalized spacial score (nSPS) is 16.0. The summed E-state index contributed by atoms with van der Waals surface area (Å²) in [4.78, 5) is 22.8. The minimum Gasteiger partial charge on any atom is -0.394 e. The first-order valence-corrected chi connectivity index (χ1v) is 5.90. The fraction of sp³-hybridized carbons (Fsp3) is 0.500. The lowest BCUT2D eigenvalue weighted by atomic mass is 10.2. The highest BCUT2D eigenvalue weighted by molar-refractivity contribution is 5.76. The van der Waals surface area contributed by atoms with Crippen molar-refractivity contribution < 1.29 is 4.79 Å². The Balaban J connectivity index is 1.93. The Hall–Kier alpha value is -1.78. The molecule has 1 aromatic heterocycles. The molecule has 0 radical (unpaired) electrons. The van der Waals surface area contributed by atoms with Crippen LogP contribution in [0, 0.1) is 0 Å². The van der Waals surface area contributed by atoms with E-state index in [9.17, 15) is 9.59 Å². The van der Waals surface area contributed by atoms with Gasteiger partial charge in [0.25, 0.3) is 0 Å². The fourth-order valence-electron chi connectivity index (χ4n) is 2.15. The largest absolute Gasteiger partial charge is 0.394 e. The molecule has 1 heterocycles. The molecule has 1 aromatic rings. The van der Waals surface area contributed by atoms with Crippen molar-refractivity contribution in [2.75, 3.05) is 5.73 Å². The molecule has 0 unspecified atom stereocenters. The van der Waals surface area contributed by atoms with Crippen LogP contribution in [0.1, 0.15) is 25.7 Å². The van der Waals surface area contributed by atoms with Gasteiger partial charge in [-0.25, -0.2) is 0 Å². The molecule has 1 aliphatic rings. The van der Waals surface area contributed by atoms with Gasteiger partial charge in [-0.2, -0.15) is 0 Å². The minimum atomic E-state index is -0.211. The quantitative estimate of drug-likeness (QED) is 0.800. The van der Waals surface area contributed by atoms with Crippen LogP contribution in [-0.4, -0.2) is 16.5 Å². The monoisotopic (exact) mass is 235 g/mol. The third-order valence-corrected chi connectivity index (χ3v) is 3.05. The maximum atomic E-state index is 11.7. The molecule has 0 aromatic carbocycles. The molecule has 5 nitrogen and oxygen atoms in total. The average Bonchev–Trinajstić information content (AvgIpc) is 2.76. The maximum absolute atomic E-state index is 11.7. The molecule has 17 heavy (non-hydrogen) atoms. The van der Waals surface area contributed by atoms with Gasteiger partial charge < -0.3 is 15.6 Å². The van der Waals surface area contributed by atoms with E-state index in [0.29, 0.717) is 6.04 Å². The zero-order valence-electron chi connectivity index (χ0n) is 9.69.